The summed E-state index contributed by atoms with van der Waals surface area (Å²) in [6.45, 7) is 3.15. The van der Waals surface area contributed by atoms with Gasteiger partial charge in [-0.3, -0.25) is 4.79 Å². The van der Waals surface area contributed by atoms with E-state index in [1.807, 2.05) is 30.3 Å². The number of carbonyl (C=O) groups is 1. The number of amides is 1. The summed E-state index contributed by atoms with van der Waals surface area (Å²) in [5.41, 5.74) is 2.21. The standard InChI is InChI=1S/C23H26N4O3/c1-3-4-13-30-20-10-9-17(14-21(20)29-2)16-26-22(28)18-7-5-8-19(15-18)27-23-24-11-6-12-25-23/h5-12,14-15H,3-4,13,16H2,1-2H3,(H,26,28)(H,24,25,27). The minimum atomic E-state index is -0.171. The molecule has 3 aromatic rings. The smallest absolute Gasteiger partial charge is 0.251 e. The van der Waals surface area contributed by atoms with Crippen LogP contribution in [-0.2, 0) is 6.54 Å². The first kappa shape index (κ1) is 21.1. The Hall–Kier alpha value is -3.61. The fourth-order valence-corrected chi connectivity index (χ4v) is 2.78. The van der Waals surface area contributed by atoms with Gasteiger partial charge in [-0.05, 0) is 48.4 Å². The summed E-state index contributed by atoms with van der Waals surface area (Å²) in [5.74, 6) is 1.67. The maximum absolute atomic E-state index is 12.6. The lowest BCUT2D eigenvalue weighted by atomic mass is 10.1. The third-order valence-electron chi connectivity index (χ3n) is 4.38. The van der Waals surface area contributed by atoms with Crippen LogP contribution in [0, 0.1) is 0 Å². The van der Waals surface area contributed by atoms with Crippen LogP contribution >= 0.6 is 0 Å². The minimum absolute atomic E-state index is 0.171. The Morgan fingerprint density at radius 1 is 1.03 bits per heavy atom. The molecule has 0 aliphatic rings. The van der Waals surface area contributed by atoms with Crippen LogP contribution in [0.15, 0.2) is 60.9 Å². The SMILES string of the molecule is CCCCOc1ccc(CNC(=O)c2cccc(Nc3ncccn3)c2)cc1OC. The van der Waals surface area contributed by atoms with Crippen LogP contribution in [0.4, 0.5) is 11.6 Å². The van der Waals surface area contributed by atoms with E-state index in [2.05, 4.69) is 27.5 Å². The highest BCUT2D eigenvalue weighted by Crippen LogP contribution is 2.28. The summed E-state index contributed by atoms with van der Waals surface area (Å²) < 4.78 is 11.2. The van der Waals surface area contributed by atoms with Crippen LogP contribution in [0.1, 0.15) is 35.7 Å². The van der Waals surface area contributed by atoms with E-state index in [4.69, 9.17) is 9.47 Å². The molecule has 0 unspecified atom stereocenters. The van der Waals surface area contributed by atoms with Crippen LogP contribution in [0.3, 0.4) is 0 Å². The van der Waals surface area contributed by atoms with Gasteiger partial charge in [-0.2, -0.15) is 0 Å². The number of methoxy groups -OCH3 is 1. The normalized spacial score (nSPS) is 10.3. The molecule has 0 aliphatic heterocycles. The molecule has 156 valence electrons. The van der Waals surface area contributed by atoms with Crippen LogP contribution in [0.5, 0.6) is 11.5 Å². The summed E-state index contributed by atoms with van der Waals surface area (Å²) in [5, 5.41) is 6.02. The van der Waals surface area contributed by atoms with Crippen molar-refractivity contribution in [1.82, 2.24) is 15.3 Å². The van der Waals surface area contributed by atoms with Gasteiger partial charge in [0, 0.05) is 30.2 Å². The molecule has 0 bridgehead atoms. The largest absolute Gasteiger partial charge is 0.493 e. The van der Waals surface area contributed by atoms with Crippen LogP contribution in [0.25, 0.3) is 0 Å². The second-order valence-electron chi connectivity index (χ2n) is 6.65. The Bertz CT molecular complexity index is 964. The molecule has 30 heavy (non-hydrogen) atoms. The van der Waals surface area contributed by atoms with Crippen molar-refractivity contribution in [3.05, 3.63) is 72.1 Å². The molecular formula is C23H26N4O3. The Kier molecular flexibility index (Phi) is 7.60. The molecule has 1 amide bonds. The average Bonchev–Trinajstić information content (AvgIpc) is 2.79. The van der Waals surface area contributed by atoms with Gasteiger partial charge in [0.05, 0.1) is 13.7 Å². The van der Waals surface area contributed by atoms with Crippen LogP contribution < -0.4 is 20.1 Å². The molecule has 0 fully saturated rings. The molecular weight excluding hydrogens is 380 g/mol. The van der Waals surface area contributed by atoms with Crippen molar-refractivity contribution in [3.8, 4) is 11.5 Å². The van der Waals surface area contributed by atoms with E-state index in [9.17, 15) is 4.79 Å². The second-order valence-corrected chi connectivity index (χ2v) is 6.65. The average molecular weight is 406 g/mol. The highest BCUT2D eigenvalue weighted by atomic mass is 16.5. The van der Waals surface area contributed by atoms with Crippen molar-refractivity contribution in [3.63, 3.8) is 0 Å². The lowest BCUT2D eigenvalue weighted by Gasteiger charge is -2.13. The van der Waals surface area contributed by atoms with Crippen LogP contribution in [0.2, 0.25) is 0 Å². The number of carbonyl (C=O) groups excluding carboxylic acids is 1. The van der Waals surface area contributed by atoms with Crippen molar-refractivity contribution in [2.45, 2.75) is 26.3 Å². The third-order valence-corrected chi connectivity index (χ3v) is 4.38. The number of hydrogen-bond donors (Lipinski definition) is 2. The van der Waals surface area contributed by atoms with Gasteiger partial charge in [0.2, 0.25) is 5.95 Å². The number of nitrogens with one attached hydrogen (secondary N) is 2. The molecule has 7 heteroatoms. The molecule has 2 aromatic carbocycles. The summed E-state index contributed by atoms with van der Waals surface area (Å²) in [6.07, 6.45) is 5.37. The predicted molar refractivity (Wildman–Crippen MR) is 116 cm³/mol. The summed E-state index contributed by atoms with van der Waals surface area (Å²) in [4.78, 5) is 20.8. The lowest BCUT2D eigenvalue weighted by molar-refractivity contribution is 0.0951. The number of aromatic nitrogens is 2. The third kappa shape index (κ3) is 5.94. The zero-order chi connectivity index (χ0) is 21.2. The highest BCUT2D eigenvalue weighted by Gasteiger charge is 2.09. The summed E-state index contributed by atoms with van der Waals surface area (Å²) in [7, 11) is 1.61. The fraction of sp³-hybridized carbons (Fsp3) is 0.261. The van der Waals surface area contributed by atoms with E-state index in [1.54, 1.807) is 37.7 Å². The van der Waals surface area contributed by atoms with Crippen molar-refractivity contribution in [2.75, 3.05) is 19.0 Å². The minimum Gasteiger partial charge on any atom is -0.493 e. The first-order chi connectivity index (χ1) is 14.7. The number of hydrogen-bond acceptors (Lipinski definition) is 6. The molecule has 0 saturated heterocycles. The van der Waals surface area contributed by atoms with Crippen molar-refractivity contribution in [1.29, 1.82) is 0 Å². The Morgan fingerprint density at radius 3 is 2.63 bits per heavy atom. The van der Waals surface area contributed by atoms with Crippen molar-refractivity contribution < 1.29 is 14.3 Å². The van der Waals surface area contributed by atoms with E-state index < -0.39 is 0 Å². The van der Waals surface area contributed by atoms with Gasteiger partial charge in [0.15, 0.2) is 11.5 Å². The van der Waals surface area contributed by atoms with E-state index in [0.717, 1.165) is 24.1 Å². The molecule has 0 aliphatic carbocycles. The molecule has 3 rings (SSSR count). The van der Waals surface area contributed by atoms with E-state index in [-0.39, 0.29) is 5.91 Å². The van der Waals surface area contributed by atoms with E-state index in [0.29, 0.717) is 36.2 Å². The number of benzene rings is 2. The molecule has 1 heterocycles. The quantitative estimate of drug-likeness (QED) is 0.487. The number of unbranched alkanes of at least 4 members (excludes halogenated alkanes) is 1. The van der Waals surface area contributed by atoms with Crippen LogP contribution in [-0.4, -0.2) is 29.6 Å². The zero-order valence-electron chi connectivity index (χ0n) is 17.2. The van der Waals surface area contributed by atoms with Gasteiger partial charge in [-0.1, -0.05) is 25.5 Å². The first-order valence-electron chi connectivity index (χ1n) is 9.91. The molecule has 0 radical (unpaired) electrons. The molecule has 7 nitrogen and oxygen atoms in total. The fourth-order valence-electron chi connectivity index (χ4n) is 2.78. The topological polar surface area (TPSA) is 85.4 Å². The Labute approximate surface area is 176 Å². The predicted octanol–water partition coefficient (Wildman–Crippen LogP) is 4.34. The van der Waals surface area contributed by atoms with Gasteiger partial charge in [-0.15, -0.1) is 0 Å². The highest BCUT2D eigenvalue weighted by molar-refractivity contribution is 5.95. The van der Waals surface area contributed by atoms with E-state index >= 15 is 0 Å². The number of nitrogens with zero attached hydrogens (tertiary/aromatic N) is 2. The zero-order valence-corrected chi connectivity index (χ0v) is 17.2. The molecule has 0 spiro atoms. The van der Waals surface area contributed by atoms with Crippen molar-refractivity contribution in [2.24, 2.45) is 0 Å². The van der Waals surface area contributed by atoms with Gasteiger partial charge < -0.3 is 20.1 Å². The Morgan fingerprint density at radius 2 is 1.87 bits per heavy atom. The van der Waals surface area contributed by atoms with Gasteiger partial charge in [0.25, 0.3) is 5.91 Å². The summed E-state index contributed by atoms with van der Waals surface area (Å²) >= 11 is 0. The van der Waals surface area contributed by atoms with E-state index in [1.165, 1.54) is 0 Å². The van der Waals surface area contributed by atoms with Gasteiger partial charge >= 0.3 is 0 Å². The first-order valence-corrected chi connectivity index (χ1v) is 9.91. The molecule has 0 atom stereocenters. The number of rotatable bonds is 10. The number of anilines is 2. The van der Waals surface area contributed by atoms with Gasteiger partial charge in [-0.25, -0.2) is 9.97 Å². The Balaban J connectivity index is 1.60. The maximum atomic E-state index is 12.6. The molecule has 0 saturated carbocycles. The lowest BCUT2D eigenvalue weighted by Crippen LogP contribution is -2.22. The summed E-state index contributed by atoms with van der Waals surface area (Å²) in [6, 6.07) is 14.6. The maximum Gasteiger partial charge on any atom is 0.251 e. The number of ether oxygens (including phenoxy) is 2. The molecule has 2 N–H and O–H groups in total. The monoisotopic (exact) mass is 406 g/mol. The molecule has 1 aromatic heterocycles. The van der Waals surface area contributed by atoms with Gasteiger partial charge in [0.1, 0.15) is 0 Å². The van der Waals surface area contributed by atoms with Crippen molar-refractivity contribution >= 4 is 17.5 Å². The second kappa shape index (κ2) is 10.8.